The molecule has 7 rings (SSSR count). The number of amides is 4. The lowest BCUT2D eigenvalue weighted by molar-refractivity contribution is -0.140. The van der Waals surface area contributed by atoms with Crippen LogP contribution in [0.1, 0.15) is 29.9 Å². The van der Waals surface area contributed by atoms with Crippen LogP contribution >= 0.6 is 23.2 Å². The van der Waals surface area contributed by atoms with E-state index in [0.717, 1.165) is 4.90 Å². The number of nitrogens with zero attached hydrogens (tertiary/aromatic N) is 2. The van der Waals surface area contributed by atoms with Crippen molar-refractivity contribution in [3.63, 3.8) is 0 Å². The number of methoxy groups -OCH3 is 1. The van der Waals surface area contributed by atoms with Crippen LogP contribution in [0.25, 0.3) is 0 Å². The molecule has 4 aliphatic rings. The number of phenols is 2. The van der Waals surface area contributed by atoms with E-state index in [-0.39, 0.29) is 46.9 Å². The Balaban J connectivity index is 1.37. The van der Waals surface area contributed by atoms with E-state index >= 15 is 8.78 Å². The lowest BCUT2D eigenvalue weighted by Crippen LogP contribution is -2.60. The number of carbonyl (C=O) groups excluding carboxylic acids is 4. The van der Waals surface area contributed by atoms with Crippen molar-refractivity contribution in [2.45, 2.75) is 34.9 Å². The number of phenolic OH excluding ortho intramolecular Hbond substituents is 2. The normalized spacial score (nSPS) is 28.5. The number of likely N-dealkylation sites (tertiary alicyclic amines) is 1. The predicted molar refractivity (Wildman–Crippen MR) is 170 cm³/mol. The zero-order valence-corrected chi connectivity index (χ0v) is 27.7. The summed E-state index contributed by atoms with van der Waals surface area (Å²) < 4.78 is 78.5. The van der Waals surface area contributed by atoms with Gasteiger partial charge in [0.25, 0.3) is 11.8 Å². The van der Waals surface area contributed by atoms with Gasteiger partial charge in [0.2, 0.25) is 17.6 Å². The number of benzene rings is 3. The zero-order chi connectivity index (χ0) is 36.9. The number of carbonyl (C=O) groups is 4. The number of alkyl halides is 2. The molecular formula is C35H25Cl2F5N2O7. The molecule has 6 atom stereocenters. The highest BCUT2D eigenvalue weighted by Crippen LogP contribution is 2.67. The van der Waals surface area contributed by atoms with E-state index < -0.39 is 104 Å². The predicted octanol–water partition coefficient (Wildman–Crippen LogP) is 5.61. The average molecular weight is 751 g/mol. The molecular weight excluding hydrogens is 726 g/mol. The Morgan fingerprint density at radius 2 is 1.47 bits per heavy atom. The van der Waals surface area contributed by atoms with Crippen LogP contribution in [-0.2, 0) is 25.6 Å². The molecule has 2 heterocycles. The largest absolute Gasteiger partial charge is 0.508 e. The number of rotatable bonds is 6. The molecule has 4 amide bonds. The molecule has 3 fully saturated rings. The molecule has 9 nitrogen and oxygen atoms in total. The van der Waals surface area contributed by atoms with Gasteiger partial charge in [0, 0.05) is 18.0 Å². The van der Waals surface area contributed by atoms with Crippen molar-refractivity contribution in [1.82, 2.24) is 4.90 Å². The average Bonchev–Trinajstić information content (AvgIpc) is 3.44. The minimum absolute atomic E-state index is 0.0228. The van der Waals surface area contributed by atoms with Crippen molar-refractivity contribution in [3.8, 4) is 17.2 Å². The Morgan fingerprint density at radius 3 is 2.10 bits per heavy atom. The third-order valence-corrected chi connectivity index (χ3v) is 11.8. The number of fused-ring (bicyclic) bond motifs is 4. The highest BCUT2D eigenvalue weighted by molar-refractivity contribution is 6.58. The van der Waals surface area contributed by atoms with E-state index in [9.17, 15) is 42.6 Å². The van der Waals surface area contributed by atoms with Gasteiger partial charge in [-0.05, 0) is 48.9 Å². The number of anilines is 1. The smallest absolute Gasteiger partial charge is 0.258 e. The fraction of sp³-hybridized carbons (Fsp3) is 0.314. The standard InChI is InChI=1S/C35H25Cl2F5N2O7/c1-51-20-4-2-3-18(29(20)46)22-16-9-10-17-21(31(48)43(30(17)47)12-11-14-5-7-15(45)8-6-14)19(16)13-34(36)32(49)44(33(50)35(22,34)37)28-26(41)24(39)23(38)25(40)27(28)42/h2-9,17,19,21-22,45-46H,10-13H2,1H3. The van der Waals surface area contributed by atoms with Gasteiger partial charge < -0.3 is 14.9 Å². The van der Waals surface area contributed by atoms with E-state index in [1.807, 2.05) is 0 Å². The lowest BCUT2D eigenvalue weighted by atomic mass is 9.56. The van der Waals surface area contributed by atoms with Crippen LogP contribution in [0.3, 0.4) is 0 Å². The third kappa shape index (κ3) is 4.64. The first-order valence-corrected chi connectivity index (χ1v) is 16.3. The Labute approximate surface area is 295 Å². The van der Waals surface area contributed by atoms with Gasteiger partial charge in [-0.3, -0.25) is 24.1 Å². The van der Waals surface area contributed by atoms with Gasteiger partial charge in [-0.2, -0.15) is 0 Å². The van der Waals surface area contributed by atoms with Crippen LogP contribution in [0.2, 0.25) is 0 Å². The van der Waals surface area contributed by atoms with Crippen LogP contribution in [-0.4, -0.2) is 62.1 Å². The van der Waals surface area contributed by atoms with Crippen molar-refractivity contribution < 1.29 is 56.1 Å². The first-order chi connectivity index (χ1) is 24.1. The Kier molecular flexibility index (Phi) is 8.14. The number of para-hydroxylation sites is 1. The molecule has 1 saturated carbocycles. The maximum Gasteiger partial charge on any atom is 0.258 e. The van der Waals surface area contributed by atoms with E-state index in [1.165, 1.54) is 43.5 Å². The summed E-state index contributed by atoms with van der Waals surface area (Å²) in [5, 5.41) is 20.9. The van der Waals surface area contributed by atoms with Crippen molar-refractivity contribution in [2.75, 3.05) is 18.6 Å². The summed E-state index contributed by atoms with van der Waals surface area (Å²) in [6.07, 6.45) is 1.04. The van der Waals surface area contributed by atoms with Crippen LogP contribution in [0.15, 0.2) is 54.1 Å². The van der Waals surface area contributed by atoms with E-state index in [0.29, 0.717) is 5.56 Å². The number of allylic oxidation sites excluding steroid dienone is 2. The van der Waals surface area contributed by atoms with Crippen molar-refractivity contribution >= 4 is 52.5 Å². The van der Waals surface area contributed by atoms with Crippen LogP contribution in [0.5, 0.6) is 17.2 Å². The number of imide groups is 2. The van der Waals surface area contributed by atoms with Crippen molar-refractivity contribution in [1.29, 1.82) is 0 Å². The van der Waals surface area contributed by atoms with Gasteiger partial charge in [-0.1, -0.05) is 35.9 Å². The van der Waals surface area contributed by atoms with Crippen molar-refractivity contribution in [2.24, 2.45) is 17.8 Å². The number of hydrogen-bond acceptors (Lipinski definition) is 7. The van der Waals surface area contributed by atoms with Gasteiger partial charge in [0.05, 0.1) is 18.9 Å². The van der Waals surface area contributed by atoms with Gasteiger partial charge >= 0.3 is 0 Å². The van der Waals surface area contributed by atoms with Gasteiger partial charge in [0.1, 0.15) is 11.4 Å². The fourth-order valence-corrected chi connectivity index (χ4v) is 8.97. The minimum Gasteiger partial charge on any atom is -0.508 e. The summed E-state index contributed by atoms with van der Waals surface area (Å²) in [7, 11) is 1.22. The molecule has 3 aromatic carbocycles. The summed E-state index contributed by atoms with van der Waals surface area (Å²) in [6, 6.07) is 10.2. The molecule has 0 spiro atoms. The molecule has 0 aromatic heterocycles. The molecule has 6 unspecified atom stereocenters. The number of halogens is 7. The molecule has 16 heteroatoms. The summed E-state index contributed by atoms with van der Waals surface area (Å²) in [6.45, 7) is -0.0471. The second kappa shape index (κ2) is 11.9. The lowest BCUT2D eigenvalue weighted by Gasteiger charge is -2.50. The topological polar surface area (TPSA) is 124 Å². The second-order valence-electron chi connectivity index (χ2n) is 12.8. The van der Waals surface area contributed by atoms with Crippen LogP contribution < -0.4 is 9.64 Å². The van der Waals surface area contributed by atoms with Gasteiger partial charge in [-0.25, -0.2) is 26.9 Å². The molecule has 2 saturated heterocycles. The van der Waals surface area contributed by atoms with Crippen molar-refractivity contribution in [3.05, 3.63) is 94.3 Å². The molecule has 2 N–H and O–H groups in total. The molecule has 0 bridgehead atoms. The first kappa shape index (κ1) is 34.7. The Morgan fingerprint density at radius 1 is 0.843 bits per heavy atom. The fourth-order valence-electron chi connectivity index (χ4n) is 8.04. The highest BCUT2D eigenvalue weighted by atomic mass is 35.5. The van der Waals surface area contributed by atoms with Gasteiger partial charge in [-0.15, -0.1) is 23.2 Å². The molecule has 2 aliphatic heterocycles. The first-order valence-electron chi connectivity index (χ1n) is 15.6. The summed E-state index contributed by atoms with van der Waals surface area (Å²) in [5.41, 5.74) is -1.16. The minimum atomic E-state index is -2.78. The molecule has 0 radical (unpaired) electrons. The number of hydrogen-bond donors (Lipinski definition) is 2. The summed E-state index contributed by atoms with van der Waals surface area (Å²) in [4.78, 5) is 51.7. The SMILES string of the molecule is COc1cccc(C2C3=CCC4C(=O)N(CCc5ccc(O)cc5)C(=O)C4C3CC3(Cl)C(=O)N(c4c(F)c(F)c(F)c(F)c4F)C(=O)C23Cl)c1O. The zero-order valence-electron chi connectivity index (χ0n) is 26.2. The highest BCUT2D eigenvalue weighted by Gasteiger charge is 2.77. The molecule has 51 heavy (non-hydrogen) atoms. The van der Waals surface area contributed by atoms with Crippen LogP contribution in [0.4, 0.5) is 27.6 Å². The molecule has 266 valence electrons. The second-order valence-corrected chi connectivity index (χ2v) is 14.1. The van der Waals surface area contributed by atoms with E-state index in [4.69, 9.17) is 27.9 Å². The Hall–Kier alpha value is -4.69. The van der Waals surface area contributed by atoms with Gasteiger partial charge in [0.15, 0.2) is 44.5 Å². The summed E-state index contributed by atoms with van der Waals surface area (Å²) in [5.74, 6) is -22.4. The Bertz CT molecular complexity index is 2070. The van der Waals surface area contributed by atoms with Crippen LogP contribution in [0, 0.1) is 46.8 Å². The van der Waals surface area contributed by atoms with E-state index in [2.05, 4.69) is 0 Å². The monoisotopic (exact) mass is 750 g/mol. The number of ether oxygens (including phenoxy) is 1. The number of aromatic hydroxyl groups is 2. The molecule has 3 aromatic rings. The maximum atomic E-state index is 15.2. The third-order valence-electron chi connectivity index (χ3n) is 10.4. The molecule has 2 aliphatic carbocycles. The quantitative estimate of drug-likeness (QED) is 0.0839. The summed E-state index contributed by atoms with van der Waals surface area (Å²) >= 11 is 14.2. The maximum absolute atomic E-state index is 15.2. The van der Waals surface area contributed by atoms with E-state index in [1.54, 1.807) is 12.1 Å².